The molecule has 0 bridgehead atoms. The molecule has 1 N–H and O–H groups in total. The molecule has 0 aromatic heterocycles. The Hall–Kier alpha value is -1.52. The summed E-state index contributed by atoms with van der Waals surface area (Å²) in [4.78, 5) is 0. The largest absolute Gasteiger partial charge is 0.497 e. The zero-order valence-electron chi connectivity index (χ0n) is 12.4. The van der Waals surface area contributed by atoms with E-state index in [1.807, 2.05) is 42.5 Å². The topological polar surface area (TPSA) is 38.7 Å². The summed E-state index contributed by atoms with van der Waals surface area (Å²) in [6.45, 7) is 1.81. The Morgan fingerprint density at radius 3 is 2.14 bits per heavy atom. The first-order chi connectivity index (χ1) is 9.96. The molecule has 0 fully saturated rings. The van der Waals surface area contributed by atoms with Crippen LogP contribution in [0.2, 0.25) is 0 Å². The molecule has 0 saturated carbocycles. The molecule has 0 spiro atoms. The van der Waals surface area contributed by atoms with Crippen LogP contribution in [0.5, 0.6) is 11.5 Å². The van der Waals surface area contributed by atoms with Gasteiger partial charge in [-0.3, -0.25) is 0 Å². The fourth-order valence-electron chi connectivity index (χ4n) is 2.24. The van der Waals surface area contributed by atoms with E-state index in [0.29, 0.717) is 6.42 Å². The van der Waals surface area contributed by atoms with Crippen LogP contribution in [0, 0.1) is 0 Å². The molecule has 3 nitrogen and oxygen atoms in total. The molecular formula is C17H19BrO3. The van der Waals surface area contributed by atoms with Crippen molar-refractivity contribution in [1.82, 2.24) is 0 Å². The second-order valence-corrected chi connectivity index (χ2v) is 5.99. The summed E-state index contributed by atoms with van der Waals surface area (Å²) in [5, 5.41) is 10.8. The van der Waals surface area contributed by atoms with Crippen molar-refractivity contribution in [3.05, 3.63) is 58.1 Å². The molecule has 0 radical (unpaired) electrons. The van der Waals surface area contributed by atoms with E-state index < -0.39 is 5.60 Å². The Balaban J connectivity index is 2.27. The van der Waals surface area contributed by atoms with Crippen LogP contribution in [-0.2, 0) is 12.0 Å². The van der Waals surface area contributed by atoms with Crippen molar-refractivity contribution in [3.8, 4) is 11.5 Å². The van der Waals surface area contributed by atoms with Gasteiger partial charge in [-0.1, -0.05) is 28.1 Å². The first-order valence-electron chi connectivity index (χ1n) is 6.65. The van der Waals surface area contributed by atoms with E-state index in [2.05, 4.69) is 15.9 Å². The maximum absolute atomic E-state index is 10.8. The lowest BCUT2D eigenvalue weighted by molar-refractivity contribution is 0.0574. The first-order valence-corrected chi connectivity index (χ1v) is 7.45. The minimum absolute atomic E-state index is 0.483. The van der Waals surface area contributed by atoms with Crippen LogP contribution < -0.4 is 9.47 Å². The van der Waals surface area contributed by atoms with Crippen LogP contribution in [-0.4, -0.2) is 19.3 Å². The number of hydrogen-bond donors (Lipinski definition) is 1. The van der Waals surface area contributed by atoms with Gasteiger partial charge in [0.2, 0.25) is 0 Å². The van der Waals surface area contributed by atoms with Crippen LogP contribution in [0.25, 0.3) is 0 Å². The van der Waals surface area contributed by atoms with Gasteiger partial charge in [-0.2, -0.15) is 0 Å². The van der Waals surface area contributed by atoms with Crippen LogP contribution >= 0.6 is 15.9 Å². The highest BCUT2D eigenvalue weighted by atomic mass is 79.9. The molecule has 1 unspecified atom stereocenters. The van der Waals surface area contributed by atoms with Gasteiger partial charge in [0.25, 0.3) is 0 Å². The Labute approximate surface area is 133 Å². The summed E-state index contributed by atoms with van der Waals surface area (Å²) in [7, 11) is 3.26. The molecular weight excluding hydrogens is 332 g/mol. The van der Waals surface area contributed by atoms with Crippen molar-refractivity contribution in [2.75, 3.05) is 14.2 Å². The van der Waals surface area contributed by atoms with Crippen molar-refractivity contribution in [2.45, 2.75) is 18.9 Å². The maximum atomic E-state index is 10.8. The lowest BCUT2D eigenvalue weighted by Gasteiger charge is -2.25. The number of aliphatic hydroxyl groups is 1. The zero-order chi connectivity index (χ0) is 15.5. The van der Waals surface area contributed by atoms with Gasteiger partial charge in [-0.05, 0) is 48.4 Å². The summed E-state index contributed by atoms with van der Waals surface area (Å²) in [6, 6.07) is 13.2. The third-order valence-electron chi connectivity index (χ3n) is 3.50. The quantitative estimate of drug-likeness (QED) is 0.888. The second kappa shape index (κ2) is 6.50. The van der Waals surface area contributed by atoms with Crippen molar-refractivity contribution in [1.29, 1.82) is 0 Å². The van der Waals surface area contributed by atoms with Gasteiger partial charge in [-0.15, -0.1) is 0 Å². The van der Waals surface area contributed by atoms with Gasteiger partial charge in [0.15, 0.2) is 0 Å². The minimum Gasteiger partial charge on any atom is -0.497 e. The maximum Gasteiger partial charge on any atom is 0.119 e. The standard InChI is InChI=1S/C17H19BrO3/c1-17(19,13-4-6-14(20-2)7-5-13)11-12-10-15(21-3)8-9-16(12)18/h4-10,19H,11H2,1-3H3. The fraction of sp³-hybridized carbons (Fsp3) is 0.294. The zero-order valence-corrected chi connectivity index (χ0v) is 14.0. The number of hydrogen-bond acceptors (Lipinski definition) is 3. The van der Waals surface area contributed by atoms with Crippen molar-refractivity contribution >= 4 is 15.9 Å². The predicted octanol–water partition coefficient (Wildman–Crippen LogP) is 3.92. The molecule has 1 atom stereocenters. The van der Waals surface area contributed by atoms with E-state index in [0.717, 1.165) is 27.1 Å². The van der Waals surface area contributed by atoms with Crippen LogP contribution in [0.3, 0.4) is 0 Å². The van der Waals surface area contributed by atoms with E-state index in [-0.39, 0.29) is 0 Å². The third kappa shape index (κ3) is 3.77. The van der Waals surface area contributed by atoms with Gasteiger partial charge < -0.3 is 14.6 Å². The molecule has 0 aliphatic carbocycles. The Morgan fingerprint density at radius 1 is 1.00 bits per heavy atom. The summed E-state index contributed by atoms with van der Waals surface area (Å²) in [5.41, 5.74) is 0.870. The number of ether oxygens (including phenoxy) is 2. The van der Waals surface area contributed by atoms with Crippen LogP contribution in [0.4, 0.5) is 0 Å². The van der Waals surface area contributed by atoms with Crippen molar-refractivity contribution in [2.24, 2.45) is 0 Å². The van der Waals surface area contributed by atoms with Gasteiger partial charge >= 0.3 is 0 Å². The van der Waals surface area contributed by atoms with Crippen molar-refractivity contribution < 1.29 is 14.6 Å². The van der Waals surface area contributed by atoms with Gasteiger partial charge in [0.05, 0.1) is 19.8 Å². The van der Waals surface area contributed by atoms with Gasteiger partial charge in [-0.25, -0.2) is 0 Å². The van der Waals surface area contributed by atoms with Gasteiger partial charge in [0.1, 0.15) is 11.5 Å². The Kier molecular flexibility index (Phi) is 4.91. The summed E-state index contributed by atoms with van der Waals surface area (Å²) >= 11 is 3.52. The smallest absolute Gasteiger partial charge is 0.119 e. The van der Waals surface area contributed by atoms with E-state index in [4.69, 9.17) is 9.47 Å². The lowest BCUT2D eigenvalue weighted by atomic mass is 9.89. The molecule has 0 amide bonds. The highest BCUT2D eigenvalue weighted by Crippen LogP contribution is 2.31. The molecule has 21 heavy (non-hydrogen) atoms. The Morgan fingerprint density at radius 2 is 1.57 bits per heavy atom. The summed E-state index contributed by atoms with van der Waals surface area (Å²) in [6.07, 6.45) is 0.483. The molecule has 112 valence electrons. The van der Waals surface area contributed by atoms with E-state index in [9.17, 15) is 5.11 Å². The van der Waals surface area contributed by atoms with Crippen LogP contribution in [0.1, 0.15) is 18.1 Å². The molecule has 0 aliphatic rings. The first kappa shape index (κ1) is 15.9. The monoisotopic (exact) mass is 350 g/mol. The molecule has 0 saturated heterocycles. The molecule has 4 heteroatoms. The van der Waals surface area contributed by atoms with Crippen molar-refractivity contribution in [3.63, 3.8) is 0 Å². The lowest BCUT2D eigenvalue weighted by Crippen LogP contribution is -2.24. The second-order valence-electron chi connectivity index (χ2n) is 5.14. The van der Waals surface area contributed by atoms with E-state index >= 15 is 0 Å². The summed E-state index contributed by atoms with van der Waals surface area (Å²) < 4.78 is 11.3. The number of benzene rings is 2. The molecule has 0 aliphatic heterocycles. The molecule has 2 rings (SSSR count). The highest BCUT2D eigenvalue weighted by Gasteiger charge is 2.24. The molecule has 2 aromatic carbocycles. The normalized spacial score (nSPS) is 13.6. The average Bonchev–Trinajstić information content (AvgIpc) is 2.49. The minimum atomic E-state index is -0.971. The summed E-state index contributed by atoms with van der Waals surface area (Å²) in [5.74, 6) is 1.55. The van der Waals surface area contributed by atoms with E-state index in [1.54, 1.807) is 21.1 Å². The van der Waals surface area contributed by atoms with Crippen LogP contribution in [0.15, 0.2) is 46.9 Å². The molecule has 0 heterocycles. The SMILES string of the molecule is COc1ccc(C(C)(O)Cc2cc(OC)ccc2Br)cc1. The fourth-order valence-corrected chi connectivity index (χ4v) is 2.62. The number of rotatable bonds is 5. The average molecular weight is 351 g/mol. The molecule has 2 aromatic rings. The number of halogens is 1. The third-order valence-corrected chi connectivity index (χ3v) is 4.27. The Bertz CT molecular complexity index is 606. The highest BCUT2D eigenvalue weighted by molar-refractivity contribution is 9.10. The predicted molar refractivity (Wildman–Crippen MR) is 87.0 cm³/mol. The number of methoxy groups -OCH3 is 2. The van der Waals surface area contributed by atoms with Gasteiger partial charge in [0, 0.05) is 10.9 Å². The van der Waals surface area contributed by atoms with E-state index in [1.165, 1.54) is 0 Å².